The maximum absolute atomic E-state index is 12.5. The van der Waals surface area contributed by atoms with Crippen LogP contribution in [0.1, 0.15) is 28.4 Å². The summed E-state index contributed by atoms with van der Waals surface area (Å²) in [4.78, 5) is 12.5. The van der Waals surface area contributed by atoms with Crippen LogP contribution < -0.4 is 11.5 Å². The monoisotopic (exact) mass is 308 g/mol. The van der Waals surface area contributed by atoms with Crippen molar-refractivity contribution in [3.05, 3.63) is 77.4 Å². The molecule has 0 heterocycles. The summed E-state index contributed by atoms with van der Waals surface area (Å²) in [7, 11) is 0. The fraction of sp³-hybridized carbons (Fsp3) is 0.105. The Bertz CT molecular complexity index is 759. The van der Waals surface area contributed by atoms with Gasteiger partial charge >= 0.3 is 5.97 Å². The Kier molecular flexibility index (Phi) is 5.20. The molecular weight excluding hydrogens is 288 g/mol. The normalized spacial score (nSPS) is 11.7. The molecule has 2 aromatic rings. The lowest BCUT2D eigenvalue weighted by atomic mass is 10.1. The molecule has 4 heteroatoms. The van der Waals surface area contributed by atoms with Crippen LogP contribution in [0.15, 0.2) is 60.7 Å². The highest BCUT2D eigenvalue weighted by Gasteiger charge is 2.14. The van der Waals surface area contributed by atoms with Gasteiger partial charge in [0.05, 0.1) is 5.56 Å². The third kappa shape index (κ3) is 4.23. The number of nitrogens with two attached hydrogens (primary N) is 2. The van der Waals surface area contributed by atoms with Crippen molar-refractivity contribution in [3.8, 4) is 0 Å². The fourth-order valence-electron chi connectivity index (χ4n) is 2.03. The molecule has 4 N–H and O–H groups in total. The predicted octanol–water partition coefficient (Wildman–Crippen LogP) is 3.93. The summed E-state index contributed by atoms with van der Waals surface area (Å²) in [6, 6.07) is 12.3. The van der Waals surface area contributed by atoms with E-state index in [0.29, 0.717) is 22.7 Å². The van der Waals surface area contributed by atoms with Gasteiger partial charge in [0, 0.05) is 16.9 Å². The summed E-state index contributed by atoms with van der Waals surface area (Å²) >= 11 is 0. The van der Waals surface area contributed by atoms with E-state index in [1.807, 2.05) is 38.1 Å². The number of carbonyl (C=O) groups excluding carboxylic acids is 1. The molecule has 0 aliphatic rings. The van der Waals surface area contributed by atoms with E-state index < -0.39 is 5.97 Å². The minimum Gasteiger partial charge on any atom is -0.422 e. The number of aryl methyl sites for hydroxylation is 1. The summed E-state index contributed by atoms with van der Waals surface area (Å²) in [5.74, 6) is 0.0114. The quantitative estimate of drug-likeness (QED) is 0.388. The number of hydrogen-bond donors (Lipinski definition) is 2. The molecule has 0 saturated carbocycles. The van der Waals surface area contributed by atoms with Gasteiger partial charge in [-0.1, -0.05) is 18.2 Å². The lowest BCUT2D eigenvalue weighted by Crippen LogP contribution is -2.07. The summed E-state index contributed by atoms with van der Waals surface area (Å²) in [5, 5.41) is 0. The van der Waals surface area contributed by atoms with Gasteiger partial charge in [0.25, 0.3) is 0 Å². The number of carbonyl (C=O) groups is 1. The van der Waals surface area contributed by atoms with Gasteiger partial charge in [-0.25, -0.2) is 4.79 Å². The van der Waals surface area contributed by atoms with Crippen LogP contribution >= 0.6 is 0 Å². The van der Waals surface area contributed by atoms with Crippen molar-refractivity contribution in [1.82, 2.24) is 0 Å². The lowest BCUT2D eigenvalue weighted by Gasteiger charge is -2.11. The Morgan fingerprint density at radius 3 is 2.35 bits per heavy atom. The first-order valence-electron chi connectivity index (χ1n) is 7.28. The van der Waals surface area contributed by atoms with Crippen LogP contribution in [0.2, 0.25) is 0 Å². The standard InChI is InChI=1S/C19H20N2O2/c1-3-4-5-18(14-7-10-15(20)11-8-14)23-19(22)17-12-16(21)9-6-13(17)2/h3-12H,20-21H2,1-2H3/b4-3+,18-5+. The smallest absolute Gasteiger partial charge is 0.343 e. The molecule has 0 atom stereocenters. The van der Waals surface area contributed by atoms with Crippen molar-refractivity contribution < 1.29 is 9.53 Å². The molecule has 0 radical (unpaired) electrons. The van der Waals surface area contributed by atoms with E-state index >= 15 is 0 Å². The van der Waals surface area contributed by atoms with E-state index in [1.165, 1.54) is 0 Å². The molecule has 118 valence electrons. The van der Waals surface area contributed by atoms with Crippen LogP contribution in [0.4, 0.5) is 11.4 Å². The first kappa shape index (κ1) is 16.4. The largest absolute Gasteiger partial charge is 0.422 e. The second kappa shape index (κ2) is 7.31. The third-order valence-corrected chi connectivity index (χ3v) is 3.32. The lowest BCUT2D eigenvalue weighted by molar-refractivity contribution is 0.0691. The van der Waals surface area contributed by atoms with Crippen LogP contribution in [0.25, 0.3) is 5.76 Å². The van der Waals surface area contributed by atoms with E-state index in [4.69, 9.17) is 16.2 Å². The Morgan fingerprint density at radius 1 is 1.04 bits per heavy atom. The highest BCUT2D eigenvalue weighted by Crippen LogP contribution is 2.21. The van der Waals surface area contributed by atoms with Gasteiger partial charge in [0.15, 0.2) is 0 Å². The van der Waals surface area contributed by atoms with Crippen molar-refractivity contribution >= 4 is 23.1 Å². The van der Waals surface area contributed by atoms with Gasteiger partial charge in [0.1, 0.15) is 5.76 Å². The van der Waals surface area contributed by atoms with Crippen LogP contribution in [0.5, 0.6) is 0 Å². The zero-order valence-electron chi connectivity index (χ0n) is 13.2. The minimum absolute atomic E-state index is 0.442. The molecular formula is C19H20N2O2. The number of rotatable bonds is 4. The van der Waals surface area contributed by atoms with Crippen molar-refractivity contribution in [1.29, 1.82) is 0 Å². The Morgan fingerprint density at radius 2 is 1.70 bits per heavy atom. The fourth-order valence-corrected chi connectivity index (χ4v) is 2.03. The van der Waals surface area contributed by atoms with E-state index in [1.54, 1.807) is 36.4 Å². The van der Waals surface area contributed by atoms with E-state index in [2.05, 4.69) is 0 Å². The van der Waals surface area contributed by atoms with Crippen LogP contribution in [0, 0.1) is 6.92 Å². The average Bonchev–Trinajstić information content (AvgIpc) is 2.54. The topological polar surface area (TPSA) is 78.3 Å². The SMILES string of the molecule is C/C=C/C=C(/OC(=O)c1cc(N)ccc1C)c1ccc(N)cc1. The second-order valence-corrected chi connectivity index (χ2v) is 5.14. The molecule has 0 aromatic heterocycles. The summed E-state index contributed by atoms with van der Waals surface area (Å²) in [5.41, 5.74) is 14.7. The number of esters is 1. The molecule has 0 fully saturated rings. The number of anilines is 2. The maximum Gasteiger partial charge on any atom is 0.343 e. The first-order valence-corrected chi connectivity index (χ1v) is 7.28. The Labute approximate surface area is 136 Å². The van der Waals surface area contributed by atoms with Crippen LogP contribution in [-0.4, -0.2) is 5.97 Å². The molecule has 0 aliphatic heterocycles. The molecule has 23 heavy (non-hydrogen) atoms. The highest BCUT2D eigenvalue weighted by atomic mass is 16.5. The number of nitrogen functional groups attached to an aromatic ring is 2. The van der Waals surface area contributed by atoms with Crippen LogP contribution in [0.3, 0.4) is 0 Å². The summed E-state index contributed by atoms with van der Waals surface area (Å²) < 4.78 is 5.57. The molecule has 4 nitrogen and oxygen atoms in total. The molecule has 0 saturated heterocycles. The van der Waals surface area contributed by atoms with Crippen molar-refractivity contribution in [2.45, 2.75) is 13.8 Å². The average molecular weight is 308 g/mol. The van der Waals surface area contributed by atoms with Crippen molar-refractivity contribution in [2.24, 2.45) is 0 Å². The molecule has 2 aromatic carbocycles. The predicted molar refractivity (Wildman–Crippen MR) is 94.7 cm³/mol. The Balaban J connectivity index is 2.33. The third-order valence-electron chi connectivity index (χ3n) is 3.32. The van der Waals surface area contributed by atoms with E-state index in [0.717, 1.165) is 11.1 Å². The Hall–Kier alpha value is -3.01. The van der Waals surface area contributed by atoms with Gasteiger partial charge < -0.3 is 16.2 Å². The summed E-state index contributed by atoms with van der Waals surface area (Å²) in [6.07, 6.45) is 5.41. The number of benzene rings is 2. The van der Waals surface area contributed by atoms with E-state index in [9.17, 15) is 4.79 Å². The van der Waals surface area contributed by atoms with E-state index in [-0.39, 0.29) is 0 Å². The zero-order chi connectivity index (χ0) is 16.8. The first-order chi connectivity index (χ1) is 11.0. The van der Waals surface area contributed by atoms with Gasteiger partial charge in [-0.3, -0.25) is 0 Å². The van der Waals surface area contributed by atoms with Gasteiger partial charge in [-0.2, -0.15) is 0 Å². The molecule has 0 bridgehead atoms. The van der Waals surface area contributed by atoms with Crippen molar-refractivity contribution in [2.75, 3.05) is 11.5 Å². The van der Waals surface area contributed by atoms with Gasteiger partial charge in [-0.05, 0) is 61.9 Å². The number of allylic oxidation sites excluding steroid dienone is 3. The van der Waals surface area contributed by atoms with Crippen LogP contribution in [-0.2, 0) is 4.74 Å². The van der Waals surface area contributed by atoms with Crippen molar-refractivity contribution in [3.63, 3.8) is 0 Å². The minimum atomic E-state index is -0.442. The zero-order valence-corrected chi connectivity index (χ0v) is 13.2. The van der Waals surface area contributed by atoms with Gasteiger partial charge in [0.2, 0.25) is 0 Å². The molecule has 0 amide bonds. The highest BCUT2D eigenvalue weighted by molar-refractivity contribution is 5.95. The molecule has 2 rings (SSSR count). The second-order valence-electron chi connectivity index (χ2n) is 5.14. The van der Waals surface area contributed by atoms with Gasteiger partial charge in [-0.15, -0.1) is 0 Å². The summed E-state index contributed by atoms with van der Waals surface area (Å²) in [6.45, 7) is 3.73. The number of hydrogen-bond acceptors (Lipinski definition) is 4. The molecule has 0 spiro atoms. The molecule has 0 aliphatic carbocycles. The maximum atomic E-state index is 12.5. The molecule has 0 unspecified atom stereocenters. The number of ether oxygens (including phenoxy) is 1.